The lowest BCUT2D eigenvalue weighted by Crippen LogP contribution is -1.95. The van der Waals surface area contributed by atoms with E-state index in [0.717, 1.165) is 0 Å². The molecule has 0 spiro atoms. The van der Waals surface area contributed by atoms with E-state index in [1.54, 1.807) is 12.1 Å². The minimum atomic E-state index is -0.338. The molecule has 0 radical (unpaired) electrons. The average molecular weight is 205 g/mol. The molecule has 1 aromatic carbocycles. The molecule has 0 saturated heterocycles. The zero-order valence-electron chi connectivity index (χ0n) is 8.15. The number of carbonyl (C=O) groups is 1. The van der Waals surface area contributed by atoms with Crippen LogP contribution in [-0.4, -0.2) is 11.1 Å². The number of hydrogen-bond donors (Lipinski definition) is 0. The van der Waals surface area contributed by atoms with Crippen LogP contribution in [0, 0.1) is 0 Å². The highest BCUT2D eigenvalue weighted by Gasteiger charge is 2.04. The van der Waals surface area contributed by atoms with Crippen LogP contribution >= 0.6 is 12.2 Å². The van der Waals surface area contributed by atoms with Gasteiger partial charge in [0.2, 0.25) is 0 Å². The van der Waals surface area contributed by atoms with Gasteiger partial charge in [-0.25, -0.2) is 0 Å². The van der Waals surface area contributed by atoms with Crippen LogP contribution in [0.15, 0.2) is 29.3 Å². The van der Waals surface area contributed by atoms with E-state index in [4.69, 9.17) is 0 Å². The summed E-state index contributed by atoms with van der Waals surface area (Å²) >= 11 is 4.36. The molecule has 0 fully saturated rings. The smallest absolute Gasteiger partial charge is 0.266 e. The Morgan fingerprint density at radius 1 is 1.36 bits per heavy atom. The number of carbonyl (C=O) groups excluding carboxylic acids is 1. The lowest BCUT2D eigenvalue weighted by molar-refractivity contribution is 0.100. The summed E-state index contributed by atoms with van der Waals surface area (Å²) in [5.41, 5.74) is 1.75. The van der Waals surface area contributed by atoms with E-state index in [2.05, 4.69) is 36.2 Å². The van der Waals surface area contributed by atoms with Gasteiger partial charge in [-0.3, -0.25) is 4.79 Å². The Bertz CT molecular complexity index is 375. The number of hydrogen-bond acceptors (Lipinski definition) is 2. The van der Waals surface area contributed by atoms with Crippen LogP contribution in [0.3, 0.4) is 0 Å². The fourth-order valence-corrected chi connectivity index (χ4v) is 1.20. The Balaban J connectivity index is 2.93. The topological polar surface area (TPSA) is 29.4 Å². The molecular formula is C11H11NOS. The van der Waals surface area contributed by atoms with E-state index < -0.39 is 0 Å². The van der Waals surface area contributed by atoms with E-state index in [1.807, 2.05) is 12.1 Å². The second-order valence-electron chi connectivity index (χ2n) is 3.28. The Morgan fingerprint density at radius 2 is 1.93 bits per heavy atom. The molecule has 0 aliphatic rings. The van der Waals surface area contributed by atoms with Gasteiger partial charge in [-0.15, -0.1) is 0 Å². The van der Waals surface area contributed by atoms with Crippen molar-refractivity contribution in [2.45, 2.75) is 19.8 Å². The summed E-state index contributed by atoms with van der Waals surface area (Å²) in [5.74, 6) is 0.128. The molecule has 0 bridgehead atoms. The largest absolute Gasteiger partial charge is 0.285 e. The van der Waals surface area contributed by atoms with Gasteiger partial charge in [0.15, 0.2) is 0 Å². The van der Waals surface area contributed by atoms with E-state index in [9.17, 15) is 4.79 Å². The van der Waals surface area contributed by atoms with Crippen molar-refractivity contribution < 1.29 is 4.79 Å². The highest BCUT2D eigenvalue weighted by atomic mass is 32.1. The van der Waals surface area contributed by atoms with Crippen molar-refractivity contribution >= 4 is 23.3 Å². The highest BCUT2D eigenvalue weighted by molar-refractivity contribution is 7.78. The molecule has 14 heavy (non-hydrogen) atoms. The van der Waals surface area contributed by atoms with Crippen LogP contribution in [0.5, 0.6) is 0 Å². The van der Waals surface area contributed by atoms with Gasteiger partial charge in [0.25, 0.3) is 5.91 Å². The summed E-state index contributed by atoms with van der Waals surface area (Å²) in [6.07, 6.45) is 0. The normalized spacial score (nSPS) is 9.64. The first-order chi connectivity index (χ1) is 6.65. The van der Waals surface area contributed by atoms with Gasteiger partial charge in [0, 0.05) is 5.56 Å². The van der Waals surface area contributed by atoms with Crippen LogP contribution in [0.1, 0.15) is 35.7 Å². The van der Waals surface area contributed by atoms with Gasteiger partial charge >= 0.3 is 0 Å². The van der Waals surface area contributed by atoms with Crippen molar-refractivity contribution in [2.24, 2.45) is 4.99 Å². The second kappa shape index (κ2) is 4.80. The first-order valence-corrected chi connectivity index (χ1v) is 4.78. The maximum absolute atomic E-state index is 11.2. The van der Waals surface area contributed by atoms with Gasteiger partial charge in [-0.1, -0.05) is 26.0 Å². The van der Waals surface area contributed by atoms with Crippen LogP contribution in [0.25, 0.3) is 0 Å². The van der Waals surface area contributed by atoms with Gasteiger partial charge in [0.1, 0.15) is 0 Å². The molecule has 1 aromatic rings. The summed E-state index contributed by atoms with van der Waals surface area (Å²) < 4.78 is 0. The quantitative estimate of drug-likeness (QED) is 0.548. The molecule has 0 aliphatic heterocycles. The molecule has 0 saturated carbocycles. The Labute approximate surface area is 88.7 Å². The predicted molar refractivity (Wildman–Crippen MR) is 59.9 cm³/mol. The van der Waals surface area contributed by atoms with Crippen LogP contribution < -0.4 is 0 Å². The zero-order chi connectivity index (χ0) is 10.6. The summed E-state index contributed by atoms with van der Waals surface area (Å²) in [6, 6.07) is 7.37. The number of nitrogens with zero attached hydrogens (tertiary/aromatic N) is 1. The third-order valence-corrected chi connectivity index (χ3v) is 2.06. The maximum Gasteiger partial charge on any atom is 0.285 e. The first kappa shape index (κ1) is 10.8. The lowest BCUT2D eigenvalue weighted by atomic mass is 10.0. The molecule has 1 rings (SSSR count). The summed E-state index contributed by atoms with van der Waals surface area (Å²) in [6.45, 7) is 4.21. The molecular weight excluding hydrogens is 194 g/mol. The van der Waals surface area contributed by atoms with Crippen LogP contribution in [0.4, 0.5) is 0 Å². The molecule has 0 heterocycles. The molecule has 0 aromatic heterocycles. The number of isothiocyanates is 1. The molecule has 0 N–H and O–H groups in total. The third-order valence-electron chi connectivity index (χ3n) is 1.97. The number of aliphatic imine (C=N–C) groups is 1. The van der Waals surface area contributed by atoms with Crippen molar-refractivity contribution in [1.29, 1.82) is 0 Å². The minimum Gasteiger partial charge on any atom is -0.266 e. The molecule has 3 heteroatoms. The third kappa shape index (κ3) is 2.59. The van der Waals surface area contributed by atoms with Crippen molar-refractivity contribution in [3.05, 3.63) is 35.4 Å². The van der Waals surface area contributed by atoms with E-state index in [1.165, 1.54) is 5.56 Å². The first-order valence-electron chi connectivity index (χ1n) is 4.37. The molecule has 72 valence electrons. The standard InChI is InChI=1S/C11H11NOS/c1-8(2)9-3-5-10(6-4-9)11(13)12-7-14/h3-6,8H,1-2H3. The highest BCUT2D eigenvalue weighted by Crippen LogP contribution is 2.14. The maximum atomic E-state index is 11.2. The fourth-order valence-electron chi connectivity index (χ4n) is 1.12. The predicted octanol–water partition coefficient (Wildman–Crippen LogP) is 3.05. The van der Waals surface area contributed by atoms with Crippen molar-refractivity contribution in [3.8, 4) is 0 Å². The number of thiocarbonyl (C=S) groups is 1. The lowest BCUT2D eigenvalue weighted by Gasteiger charge is -2.04. The van der Waals surface area contributed by atoms with Crippen LogP contribution in [0.2, 0.25) is 0 Å². The molecule has 1 amide bonds. The summed E-state index contributed by atoms with van der Waals surface area (Å²) in [7, 11) is 0. The Morgan fingerprint density at radius 3 is 2.36 bits per heavy atom. The minimum absolute atomic E-state index is 0.338. The SMILES string of the molecule is CC(C)c1ccc(C(=O)N=C=S)cc1. The second-order valence-corrected chi connectivity index (χ2v) is 3.47. The fraction of sp³-hybridized carbons (Fsp3) is 0.273. The molecule has 2 nitrogen and oxygen atoms in total. The number of rotatable bonds is 2. The monoisotopic (exact) mass is 205 g/mol. The molecule has 0 aliphatic carbocycles. The molecule has 0 atom stereocenters. The van der Waals surface area contributed by atoms with E-state index in [0.29, 0.717) is 11.5 Å². The van der Waals surface area contributed by atoms with Crippen molar-refractivity contribution in [3.63, 3.8) is 0 Å². The van der Waals surface area contributed by atoms with Crippen molar-refractivity contribution in [1.82, 2.24) is 0 Å². The zero-order valence-corrected chi connectivity index (χ0v) is 8.97. The summed E-state index contributed by atoms with van der Waals surface area (Å²) in [4.78, 5) is 14.6. The Kier molecular flexibility index (Phi) is 3.69. The number of benzene rings is 1. The average Bonchev–Trinajstić information content (AvgIpc) is 2.18. The van der Waals surface area contributed by atoms with E-state index in [-0.39, 0.29) is 5.91 Å². The molecule has 0 unspecified atom stereocenters. The number of amides is 1. The summed E-state index contributed by atoms with van der Waals surface area (Å²) in [5, 5.41) is 2.06. The van der Waals surface area contributed by atoms with Crippen LogP contribution in [-0.2, 0) is 0 Å². The van der Waals surface area contributed by atoms with Crippen molar-refractivity contribution in [2.75, 3.05) is 0 Å². The van der Waals surface area contributed by atoms with E-state index >= 15 is 0 Å². The van der Waals surface area contributed by atoms with Gasteiger partial charge < -0.3 is 0 Å². The van der Waals surface area contributed by atoms with Gasteiger partial charge in [-0.05, 0) is 35.8 Å². The Hall–Kier alpha value is -1.31. The van der Waals surface area contributed by atoms with Gasteiger partial charge in [-0.2, -0.15) is 4.99 Å². The van der Waals surface area contributed by atoms with Gasteiger partial charge in [0.05, 0.1) is 5.16 Å².